The highest BCUT2D eigenvalue weighted by molar-refractivity contribution is 5.97. The van der Waals surface area contributed by atoms with Crippen molar-refractivity contribution in [2.45, 2.75) is 27.3 Å². The van der Waals surface area contributed by atoms with Gasteiger partial charge < -0.3 is 14.7 Å². The van der Waals surface area contributed by atoms with Gasteiger partial charge in [0.15, 0.2) is 5.78 Å². The van der Waals surface area contributed by atoms with Crippen LogP contribution < -0.4 is 0 Å². The van der Waals surface area contributed by atoms with Gasteiger partial charge in [-0.3, -0.25) is 4.79 Å². The van der Waals surface area contributed by atoms with Gasteiger partial charge >= 0.3 is 5.82 Å². The number of carbonyl (C=O) groups excluding carboxylic acids is 1. The molecule has 0 N–H and O–H groups in total. The molecule has 7 nitrogen and oxygen atoms in total. The molecule has 2 aromatic rings. The minimum absolute atomic E-state index is 0.00102. The Labute approximate surface area is 116 Å². The Balaban J connectivity index is 2.26. The first-order chi connectivity index (χ1) is 9.31. The van der Waals surface area contributed by atoms with Crippen LogP contribution in [-0.2, 0) is 13.6 Å². The summed E-state index contributed by atoms with van der Waals surface area (Å²) in [5, 5.41) is 14.6. The molecule has 0 amide bonds. The fourth-order valence-electron chi connectivity index (χ4n) is 2.14. The lowest BCUT2D eigenvalue weighted by molar-refractivity contribution is -0.390. The largest absolute Gasteiger partial charge is 0.392 e. The quantitative estimate of drug-likeness (QED) is 0.485. The highest BCUT2D eigenvalue weighted by atomic mass is 16.6. The van der Waals surface area contributed by atoms with E-state index in [2.05, 4.69) is 5.10 Å². The summed E-state index contributed by atoms with van der Waals surface area (Å²) in [6.07, 6.45) is 1.52. The molecular weight excluding hydrogens is 260 g/mol. The average Bonchev–Trinajstić information content (AvgIpc) is 2.85. The molecule has 0 atom stereocenters. The van der Waals surface area contributed by atoms with E-state index in [0.29, 0.717) is 11.1 Å². The number of hydrogen-bond donors (Lipinski definition) is 0. The number of ketones is 1. The highest BCUT2D eigenvalue weighted by Crippen LogP contribution is 2.17. The molecule has 7 heteroatoms. The number of Topliss-reactive ketones (excluding diaryl/α,β-unsaturated/α-hetero) is 1. The molecule has 20 heavy (non-hydrogen) atoms. The van der Waals surface area contributed by atoms with Crippen molar-refractivity contribution in [3.8, 4) is 0 Å². The van der Waals surface area contributed by atoms with Crippen LogP contribution in [0.15, 0.2) is 12.3 Å². The van der Waals surface area contributed by atoms with Crippen LogP contribution in [0, 0.1) is 30.9 Å². The second kappa shape index (κ2) is 4.92. The number of aromatic nitrogens is 3. The summed E-state index contributed by atoms with van der Waals surface area (Å²) in [5.74, 6) is -0.317. The summed E-state index contributed by atoms with van der Waals surface area (Å²) in [6, 6.07) is 1.82. The molecule has 0 fully saturated rings. The zero-order valence-corrected chi connectivity index (χ0v) is 11.9. The number of carbonyl (C=O) groups is 1. The van der Waals surface area contributed by atoms with E-state index >= 15 is 0 Å². The predicted molar refractivity (Wildman–Crippen MR) is 72.8 cm³/mol. The Morgan fingerprint density at radius 1 is 1.40 bits per heavy atom. The molecule has 0 aliphatic rings. The molecule has 0 radical (unpaired) electrons. The summed E-state index contributed by atoms with van der Waals surface area (Å²) in [6.45, 7) is 5.40. The number of nitrogens with zero attached hydrogens (tertiary/aromatic N) is 4. The van der Waals surface area contributed by atoms with Crippen LogP contribution in [0.3, 0.4) is 0 Å². The van der Waals surface area contributed by atoms with E-state index < -0.39 is 4.92 Å². The molecule has 2 aromatic heterocycles. The van der Waals surface area contributed by atoms with Gasteiger partial charge in [0.1, 0.15) is 6.54 Å². The van der Waals surface area contributed by atoms with Gasteiger partial charge in [-0.1, -0.05) is 0 Å². The summed E-state index contributed by atoms with van der Waals surface area (Å²) in [4.78, 5) is 22.4. The summed E-state index contributed by atoms with van der Waals surface area (Å²) in [5.41, 5.74) is 2.95. The SMILES string of the molecule is Cc1cn(CC(=O)c2cc(C)n(C)c2C)nc1[N+](=O)[O-]. The van der Waals surface area contributed by atoms with Crippen molar-refractivity contribution in [1.29, 1.82) is 0 Å². The fourth-order valence-corrected chi connectivity index (χ4v) is 2.14. The Morgan fingerprint density at radius 2 is 2.05 bits per heavy atom. The van der Waals surface area contributed by atoms with E-state index in [1.54, 1.807) is 6.92 Å². The first-order valence-electron chi connectivity index (χ1n) is 6.15. The van der Waals surface area contributed by atoms with Crippen LogP contribution in [0.5, 0.6) is 0 Å². The van der Waals surface area contributed by atoms with Crippen LogP contribution >= 0.6 is 0 Å². The molecule has 0 spiro atoms. The van der Waals surface area contributed by atoms with Crippen molar-refractivity contribution in [2.75, 3.05) is 0 Å². The van der Waals surface area contributed by atoms with Gasteiger partial charge in [-0.05, 0) is 31.8 Å². The van der Waals surface area contributed by atoms with E-state index in [4.69, 9.17) is 0 Å². The predicted octanol–water partition coefficient (Wildman–Crippen LogP) is 1.94. The molecule has 0 aromatic carbocycles. The summed E-state index contributed by atoms with van der Waals surface area (Å²) >= 11 is 0. The van der Waals surface area contributed by atoms with Crippen molar-refractivity contribution >= 4 is 11.6 Å². The topological polar surface area (TPSA) is 83.0 Å². The minimum Gasteiger partial charge on any atom is -0.358 e. The van der Waals surface area contributed by atoms with Crippen molar-refractivity contribution in [1.82, 2.24) is 14.3 Å². The molecule has 2 rings (SSSR count). The Morgan fingerprint density at radius 3 is 2.50 bits per heavy atom. The average molecular weight is 276 g/mol. The third-order valence-electron chi connectivity index (χ3n) is 3.47. The van der Waals surface area contributed by atoms with Crippen molar-refractivity contribution < 1.29 is 9.72 Å². The molecule has 2 heterocycles. The molecule has 0 unspecified atom stereocenters. The fraction of sp³-hybridized carbons (Fsp3) is 0.385. The van der Waals surface area contributed by atoms with E-state index in [1.807, 2.05) is 31.5 Å². The van der Waals surface area contributed by atoms with Gasteiger partial charge in [-0.25, -0.2) is 0 Å². The highest BCUT2D eigenvalue weighted by Gasteiger charge is 2.20. The summed E-state index contributed by atoms with van der Waals surface area (Å²) in [7, 11) is 1.89. The van der Waals surface area contributed by atoms with Gasteiger partial charge in [0.2, 0.25) is 0 Å². The molecule has 106 valence electrons. The zero-order valence-electron chi connectivity index (χ0n) is 11.9. The number of hydrogen-bond acceptors (Lipinski definition) is 4. The van der Waals surface area contributed by atoms with E-state index in [-0.39, 0.29) is 18.1 Å². The summed E-state index contributed by atoms with van der Waals surface area (Å²) < 4.78 is 3.25. The van der Waals surface area contributed by atoms with Crippen LogP contribution in [0.4, 0.5) is 5.82 Å². The Hall–Kier alpha value is -2.44. The maximum atomic E-state index is 12.2. The maximum absolute atomic E-state index is 12.2. The lowest BCUT2D eigenvalue weighted by Crippen LogP contribution is -2.12. The zero-order chi connectivity index (χ0) is 15.0. The second-order valence-corrected chi connectivity index (χ2v) is 4.86. The van der Waals surface area contributed by atoms with Crippen LogP contribution in [-0.4, -0.2) is 25.1 Å². The van der Waals surface area contributed by atoms with Gasteiger partial charge in [0, 0.05) is 24.0 Å². The van der Waals surface area contributed by atoms with Gasteiger partial charge in [-0.15, -0.1) is 0 Å². The molecular formula is C13H16N4O3. The monoisotopic (exact) mass is 276 g/mol. The maximum Gasteiger partial charge on any atom is 0.392 e. The standard InChI is InChI=1S/C13H16N4O3/c1-8-6-16(14-13(8)17(19)20)7-12(18)11-5-9(2)15(4)10(11)3/h5-6H,7H2,1-4H3. The number of nitro groups is 1. The lowest BCUT2D eigenvalue weighted by atomic mass is 10.1. The van der Waals surface area contributed by atoms with Gasteiger partial charge in [0.25, 0.3) is 0 Å². The van der Waals surface area contributed by atoms with Crippen LogP contribution in [0.1, 0.15) is 27.3 Å². The van der Waals surface area contributed by atoms with E-state index in [0.717, 1.165) is 11.4 Å². The van der Waals surface area contributed by atoms with Crippen molar-refractivity contribution in [3.63, 3.8) is 0 Å². The normalized spacial score (nSPS) is 10.8. The molecule has 0 aliphatic heterocycles. The lowest BCUT2D eigenvalue weighted by Gasteiger charge is -2.01. The molecule has 0 bridgehead atoms. The van der Waals surface area contributed by atoms with Crippen LogP contribution in [0.2, 0.25) is 0 Å². The van der Waals surface area contributed by atoms with Crippen molar-refractivity contribution in [2.24, 2.45) is 7.05 Å². The Kier molecular flexibility index (Phi) is 3.44. The van der Waals surface area contributed by atoms with Crippen molar-refractivity contribution in [3.05, 3.63) is 44.9 Å². The van der Waals surface area contributed by atoms with Crippen LogP contribution in [0.25, 0.3) is 0 Å². The minimum atomic E-state index is -0.547. The molecule has 0 aliphatic carbocycles. The second-order valence-electron chi connectivity index (χ2n) is 4.86. The van der Waals surface area contributed by atoms with E-state index in [9.17, 15) is 14.9 Å². The number of aryl methyl sites for hydroxylation is 2. The number of rotatable bonds is 4. The molecule has 0 saturated heterocycles. The first-order valence-corrected chi connectivity index (χ1v) is 6.15. The third-order valence-corrected chi connectivity index (χ3v) is 3.47. The van der Waals surface area contributed by atoms with Gasteiger partial charge in [0.05, 0.1) is 16.9 Å². The third kappa shape index (κ3) is 2.34. The smallest absolute Gasteiger partial charge is 0.358 e. The van der Waals surface area contributed by atoms with E-state index in [1.165, 1.54) is 10.9 Å². The Bertz CT molecular complexity index is 697. The van der Waals surface area contributed by atoms with Gasteiger partial charge in [-0.2, -0.15) is 4.68 Å². The molecule has 0 saturated carbocycles. The first kappa shape index (κ1) is 14.0.